The van der Waals surface area contributed by atoms with Gasteiger partial charge in [-0.05, 0) is 41.5 Å². The largest absolute Gasteiger partial charge is 0.264 e. The van der Waals surface area contributed by atoms with Gasteiger partial charge in [-0.2, -0.15) is 4.57 Å². The molecule has 0 amide bonds. The van der Waals surface area contributed by atoms with E-state index in [0.29, 0.717) is 5.92 Å². The Morgan fingerprint density at radius 1 is 1.05 bits per heavy atom. The number of rotatable bonds is 2. The van der Waals surface area contributed by atoms with Crippen molar-refractivity contribution in [3.8, 4) is 11.3 Å². The fourth-order valence-electron chi connectivity index (χ4n) is 2.99. The number of pyridine rings is 2. The van der Waals surface area contributed by atoms with E-state index in [-0.39, 0.29) is 0 Å². The van der Waals surface area contributed by atoms with Crippen LogP contribution in [0.25, 0.3) is 22.0 Å². The van der Waals surface area contributed by atoms with Gasteiger partial charge < -0.3 is 0 Å². The predicted molar refractivity (Wildman–Crippen MR) is 91.9 cm³/mol. The lowest BCUT2D eigenvalue weighted by Crippen LogP contribution is -2.35. The number of hydrogen-bond acceptors (Lipinski definition) is 1. The quantitative estimate of drug-likeness (QED) is 0.637. The highest BCUT2D eigenvalue weighted by Gasteiger charge is 2.20. The Morgan fingerprint density at radius 2 is 1.82 bits per heavy atom. The van der Waals surface area contributed by atoms with Gasteiger partial charge in [0, 0.05) is 25.4 Å². The SMILES string of the molecule is Cc1ccncc1-c1c2ccc(C(C)C)cc2cc(C)[n+]1C. The third-order valence-corrected chi connectivity index (χ3v) is 4.52. The second-order valence-corrected chi connectivity index (χ2v) is 6.39. The molecule has 0 unspecified atom stereocenters. The molecule has 3 aromatic rings. The van der Waals surface area contributed by atoms with Crippen LogP contribution in [0.1, 0.15) is 36.6 Å². The van der Waals surface area contributed by atoms with Crippen molar-refractivity contribution in [2.45, 2.75) is 33.6 Å². The summed E-state index contributed by atoms with van der Waals surface area (Å²) < 4.78 is 2.27. The molecular formula is C20H23N2+. The number of nitrogens with zero attached hydrogens (tertiary/aromatic N) is 2. The number of aromatic nitrogens is 2. The van der Waals surface area contributed by atoms with Crippen LogP contribution in [0.4, 0.5) is 0 Å². The van der Waals surface area contributed by atoms with E-state index in [1.54, 1.807) is 0 Å². The lowest BCUT2D eigenvalue weighted by Gasteiger charge is -2.12. The summed E-state index contributed by atoms with van der Waals surface area (Å²) in [5.41, 5.74) is 6.35. The number of fused-ring (bicyclic) bond motifs is 1. The maximum absolute atomic E-state index is 4.33. The standard InChI is InChI=1S/C20H23N2/c1-13(2)16-6-7-18-17(11-16)10-15(4)22(5)20(18)19-12-21-9-8-14(19)3/h6-13H,1-5H3/q+1. The Labute approximate surface area is 132 Å². The molecule has 2 aromatic heterocycles. The van der Waals surface area contributed by atoms with Gasteiger partial charge in [-0.15, -0.1) is 0 Å². The molecular weight excluding hydrogens is 268 g/mol. The zero-order chi connectivity index (χ0) is 15.9. The molecule has 2 nitrogen and oxygen atoms in total. The number of aryl methyl sites for hydroxylation is 2. The second-order valence-electron chi connectivity index (χ2n) is 6.39. The molecule has 0 spiro atoms. The third-order valence-electron chi connectivity index (χ3n) is 4.52. The van der Waals surface area contributed by atoms with E-state index in [4.69, 9.17) is 0 Å². The van der Waals surface area contributed by atoms with Crippen LogP contribution in [0, 0.1) is 13.8 Å². The summed E-state index contributed by atoms with van der Waals surface area (Å²) in [6.07, 6.45) is 3.83. The first-order valence-electron chi connectivity index (χ1n) is 7.83. The maximum Gasteiger partial charge on any atom is 0.222 e. The van der Waals surface area contributed by atoms with E-state index in [2.05, 4.69) is 74.6 Å². The summed E-state index contributed by atoms with van der Waals surface area (Å²) in [7, 11) is 2.13. The third kappa shape index (κ3) is 2.39. The van der Waals surface area contributed by atoms with Crippen molar-refractivity contribution in [3.05, 3.63) is 59.5 Å². The Balaban J connectivity index is 2.38. The van der Waals surface area contributed by atoms with Crippen LogP contribution in [-0.2, 0) is 7.05 Å². The highest BCUT2D eigenvalue weighted by molar-refractivity contribution is 5.94. The minimum Gasteiger partial charge on any atom is -0.264 e. The average molecular weight is 291 g/mol. The van der Waals surface area contributed by atoms with Gasteiger partial charge >= 0.3 is 0 Å². The van der Waals surface area contributed by atoms with Gasteiger partial charge in [0.25, 0.3) is 0 Å². The minimum absolute atomic E-state index is 0.544. The molecule has 0 atom stereocenters. The minimum atomic E-state index is 0.544. The van der Waals surface area contributed by atoms with Gasteiger partial charge in [0.1, 0.15) is 7.05 Å². The van der Waals surface area contributed by atoms with Crippen molar-refractivity contribution in [2.75, 3.05) is 0 Å². The lowest BCUT2D eigenvalue weighted by molar-refractivity contribution is -0.665. The Hall–Kier alpha value is -2.22. The van der Waals surface area contributed by atoms with E-state index < -0.39 is 0 Å². The summed E-state index contributed by atoms with van der Waals surface area (Å²) in [4.78, 5) is 4.33. The molecule has 0 fully saturated rings. The maximum atomic E-state index is 4.33. The Morgan fingerprint density at radius 3 is 2.50 bits per heavy atom. The highest BCUT2D eigenvalue weighted by Crippen LogP contribution is 2.30. The average Bonchev–Trinajstić information content (AvgIpc) is 2.49. The molecule has 112 valence electrons. The molecule has 0 saturated heterocycles. The van der Waals surface area contributed by atoms with Crippen molar-refractivity contribution in [1.29, 1.82) is 0 Å². The van der Waals surface area contributed by atoms with Crippen molar-refractivity contribution >= 4 is 10.8 Å². The summed E-state index contributed by atoms with van der Waals surface area (Å²) in [5.74, 6) is 0.544. The summed E-state index contributed by atoms with van der Waals surface area (Å²) >= 11 is 0. The molecule has 0 radical (unpaired) electrons. The van der Waals surface area contributed by atoms with Crippen LogP contribution in [0.5, 0.6) is 0 Å². The van der Waals surface area contributed by atoms with Gasteiger partial charge in [-0.25, -0.2) is 0 Å². The van der Waals surface area contributed by atoms with Gasteiger partial charge in [-0.3, -0.25) is 4.98 Å². The zero-order valence-electron chi connectivity index (χ0n) is 14.0. The molecule has 2 heteroatoms. The van der Waals surface area contributed by atoms with Crippen LogP contribution in [0.3, 0.4) is 0 Å². The monoisotopic (exact) mass is 291 g/mol. The van der Waals surface area contributed by atoms with E-state index in [9.17, 15) is 0 Å². The van der Waals surface area contributed by atoms with Crippen molar-refractivity contribution in [2.24, 2.45) is 7.05 Å². The summed E-state index contributed by atoms with van der Waals surface area (Å²) in [5, 5.41) is 2.59. The Bertz CT molecular complexity index is 848. The van der Waals surface area contributed by atoms with E-state index >= 15 is 0 Å². The molecule has 0 aliphatic heterocycles. The van der Waals surface area contributed by atoms with Gasteiger partial charge in [-0.1, -0.05) is 26.0 Å². The molecule has 1 aromatic carbocycles. The summed E-state index contributed by atoms with van der Waals surface area (Å²) in [6, 6.07) is 11.2. The first-order valence-corrected chi connectivity index (χ1v) is 7.83. The first kappa shape index (κ1) is 14.7. The molecule has 0 aliphatic rings. The molecule has 3 rings (SSSR count). The fourth-order valence-corrected chi connectivity index (χ4v) is 2.99. The van der Waals surface area contributed by atoms with Crippen molar-refractivity contribution in [1.82, 2.24) is 4.98 Å². The topological polar surface area (TPSA) is 16.8 Å². The first-order chi connectivity index (χ1) is 10.5. The van der Waals surface area contributed by atoms with E-state index in [1.807, 2.05) is 12.4 Å². The van der Waals surface area contributed by atoms with Crippen molar-refractivity contribution in [3.63, 3.8) is 0 Å². The van der Waals surface area contributed by atoms with Crippen LogP contribution < -0.4 is 4.57 Å². The van der Waals surface area contributed by atoms with Gasteiger partial charge in [0.05, 0.1) is 10.9 Å². The van der Waals surface area contributed by atoms with Crippen LogP contribution >= 0.6 is 0 Å². The molecule has 2 heterocycles. The normalized spacial score (nSPS) is 11.4. The Kier molecular flexibility index (Phi) is 3.69. The lowest BCUT2D eigenvalue weighted by atomic mass is 9.96. The smallest absolute Gasteiger partial charge is 0.222 e. The van der Waals surface area contributed by atoms with Crippen molar-refractivity contribution < 1.29 is 4.57 Å². The number of hydrogen-bond donors (Lipinski definition) is 0. The van der Waals surface area contributed by atoms with Crippen LogP contribution in [0.2, 0.25) is 0 Å². The highest BCUT2D eigenvalue weighted by atomic mass is 14.9. The van der Waals surface area contributed by atoms with Crippen LogP contribution in [0.15, 0.2) is 42.7 Å². The van der Waals surface area contributed by atoms with Crippen LogP contribution in [-0.4, -0.2) is 4.98 Å². The van der Waals surface area contributed by atoms with Gasteiger partial charge in [0.2, 0.25) is 5.69 Å². The van der Waals surface area contributed by atoms with Gasteiger partial charge in [0.15, 0.2) is 5.69 Å². The second kappa shape index (κ2) is 5.53. The molecule has 0 saturated carbocycles. The summed E-state index contributed by atoms with van der Waals surface area (Å²) in [6.45, 7) is 8.79. The molecule has 0 bridgehead atoms. The predicted octanol–water partition coefficient (Wildman–Crippen LogP) is 4.47. The zero-order valence-corrected chi connectivity index (χ0v) is 14.0. The fraction of sp³-hybridized carbons (Fsp3) is 0.300. The molecule has 22 heavy (non-hydrogen) atoms. The van der Waals surface area contributed by atoms with E-state index in [1.165, 1.54) is 38.9 Å². The van der Waals surface area contributed by atoms with E-state index in [0.717, 1.165) is 0 Å². The molecule has 0 N–H and O–H groups in total. The number of benzene rings is 1. The molecule has 0 aliphatic carbocycles.